The Bertz CT molecular complexity index is 1220. The Balaban J connectivity index is 4.53. The van der Waals surface area contributed by atoms with Crippen LogP contribution in [0.2, 0.25) is 0 Å². The van der Waals surface area contributed by atoms with E-state index in [0.29, 0.717) is 17.4 Å². The number of hydrogen-bond acceptors (Lipinski definition) is 5. The van der Waals surface area contributed by atoms with Gasteiger partial charge in [-0.15, -0.1) is 0 Å². The van der Waals surface area contributed by atoms with Crippen LogP contribution in [0.25, 0.3) is 0 Å². The number of carbonyl (C=O) groups is 1. The molecule has 3 unspecified atom stereocenters. The van der Waals surface area contributed by atoms with Gasteiger partial charge in [0.05, 0.1) is 39.9 Å². The second-order valence-electron chi connectivity index (χ2n) is 16.4. The fourth-order valence-electron chi connectivity index (χ4n) is 5.94. The minimum Gasteiger partial charge on any atom is -0.387 e. The van der Waals surface area contributed by atoms with Crippen molar-refractivity contribution in [3.63, 3.8) is 0 Å². The van der Waals surface area contributed by atoms with E-state index >= 15 is 0 Å². The number of phosphoric ester groups is 1. The lowest BCUT2D eigenvalue weighted by Crippen LogP contribution is -2.45. The molecule has 0 radical (unpaired) electrons. The standard InChI is InChI=1S/C49H87N2O6P/c1-6-8-10-12-14-16-18-20-22-24-25-27-29-31-33-35-37-39-41-43-49(53)50-47(46-57-58(54,55)56-45-44-51(3,4)5)48(52)42-40-38-36-34-32-30-28-26-23-21-19-17-15-13-11-9-7-2/h8,10,14,16,20,22-23,25-27,32,34,40,42,47-48,52H,6-7,9,11-13,15,17-19,21,24,28-31,33,35-39,41,43-46H2,1-5H3,(H-,50,53,54,55)/p+1/b10-8-,16-14-,22-20-,26-23+,27-25-,34-32+,42-40+. The number of quaternary nitrogens is 1. The van der Waals surface area contributed by atoms with Crippen molar-refractivity contribution in [1.29, 1.82) is 0 Å². The Kier molecular flexibility index (Phi) is 38.5. The lowest BCUT2D eigenvalue weighted by molar-refractivity contribution is -0.870. The third-order valence-electron chi connectivity index (χ3n) is 9.58. The molecule has 3 atom stereocenters. The van der Waals surface area contributed by atoms with Crippen LogP contribution in [-0.2, 0) is 18.4 Å². The van der Waals surface area contributed by atoms with Gasteiger partial charge in [0.2, 0.25) is 5.91 Å². The van der Waals surface area contributed by atoms with Crippen LogP contribution in [0.15, 0.2) is 85.1 Å². The van der Waals surface area contributed by atoms with Crippen LogP contribution in [0.5, 0.6) is 0 Å². The molecule has 0 heterocycles. The van der Waals surface area contributed by atoms with Crippen molar-refractivity contribution in [1.82, 2.24) is 5.32 Å². The number of carbonyl (C=O) groups excluding carboxylic acids is 1. The first-order chi connectivity index (χ1) is 28.0. The van der Waals surface area contributed by atoms with Gasteiger partial charge in [-0.05, 0) is 83.5 Å². The highest BCUT2D eigenvalue weighted by Crippen LogP contribution is 2.43. The third kappa shape index (κ3) is 41.8. The van der Waals surface area contributed by atoms with Crippen LogP contribution in [-0.4, -0.2) is 73.4 Å². The van der Waals surface area contributed by atoms with Crippen molar-refractivity contribution in [2.45, 2.75) is 180 Å². The smallest absolute Gasteiger partial charge is 0.387 e. The summed E-state index contributed by atoms with van der Waals surface area (Å²) >= 11 is 0. The normalized spacial score (nSPS) is 15.1. The number of likely N-dealkylation sites (N-methyl/N-ethyl adjacent to an activating group) is 1. The number of rotatable bonds is 40. The molecule has 3 N–H and O–H groups in total. The summed E-state index contributed by atoms with van der Waals surface area (Å²) in [5.41, 5.74) is 0. The molecule has 0 bridgehead atoms. The van der Waals surface area contributed by atoms with Gasteiger partial charge in [0.15, 0.2) is 0 Å². The zero-order chi connectivity index (χ0) is 42.8. The van der Waals surface area contributed by atoms with Gasteiger partial charge in [-0.2, -0.15) is 0 Å². The molecule has 0 aromatic heterocycles. The van der Waals surface area contributed by atoms with Crippen molar-refractivity contribution >= 4 is 13.7 Å². The average molecular weight is 832 g/mol. The van der Waals surface area contributed by atoms with Crippen LogP contribution < -0.4 is 5.32 Å². The summed E-state index contributed by atoms with van der Waals surface area (Å²) < 4.78 is 23.5. The van der Waals surface area contributed by atoms with Crippen molar-refractivity contribution in [2.24, 2.45) is 0 Å². The minimum atomic E-state index is -4.36. The van der Waals surface area contributed by atoms with Crippen LogP contribution in [0.4, 0.5) is 0 Å². The second kappa shape index (κ2) is 40.1. The molecule has 334 valence electrons. The number of allylic oxidation sites excluding steroid dienone is 13. The van der Waals surface area contributed by atoms with Gasteiger partial charge < -0.3 is 19.8 Å². The number of amides is 1. The maximum absolute atomic E-state index is 12.9. The maximum Gasteiger partial charge on any atom is 0.472 e. The van der Waals surface area contributed by atoms with E-state index in [1.165, 1.54) is 64.2 Å². The van der Waals surface area contributed by atoms with Crippen LogP contribution in [0.1, 0.15) is 168 Å². The minimum absolute atomic E-state index is 0.0459. The van der Waals surface area contributed by atoms with Gasteiger partial charge in [-0.1, -0.05) is 163 Å². The van der Waals surface area contributed by atoms with Crippen LogP contribution in [0, 0.1) is 0 Å². The number of nitrogens with one attached hydrogen (secondary N) is 1. The molecule has 0 rings (SSSR count). The molecule has 0 fully saturated rings. The number of aliphatic hydroxyl groups excluding tert-OH is 1. The molecule has 0 aliphatic rings. The molecule has 0 aromatic rings. The van der Waals surface area contributed by atoms with Gasteiger partial charge in [0.1, 0.15) is 13.2 Å². The lowest BCUT2D eigenvalue weighted by atomic mass is 10.1. The van der Waals surface area contributed by atoms with Gasteiger partial charge in [-0.3, -0.25) is 13.8 Å². The molecule has 58 heavy (non-hydrogen) atoms. The zero-order valence-electron chi connectivity index (χ0n) is 37.8. The molecule has 0 spiro atoms. The van der Waals surface area contributed by atoms with Crippen molar-refractivity contribution < 1.29 is 32.9 Å². The number of aliphatic hydroxyl groups is 1. The van der Waals surface area contributed by atoms with E-state index in [9.17, 15) is 19.4 Å². The first-order valence-corrected chi connectivity index (χ1v) is 24.5. The summed E-state index contributed by atoms with van der Waals surface area (Å²) in [6.07, 6.45) is 55.1. The van der Waals surface area contributed by atoms with E-state index in [2.05, 4.69) is 92.1 Å². The van der Waals surface area contributed by atoms with Gasteiger partial charge in [0.25, 0.3) is 0 Å². The summed E-state index contributed by atoms with van der Waals surface area (Å²) in [7, 11) is 1.52. The van der Waals surface area contributed by atoms with Crippen LogP contribution in [0.3, 0.4) is 0 Å². The van der Waals surface area contributed by atoms with Crippen molar-refractivity contribution in [3.8, 4) is 0 Å². The lowest BCUT2D eigenvalue weighted by Gasteiger charge is -2.25. The topological polar surface area (TPSA) is 105 Å². The third-order valence-corrected chi connectivity index (χ3v) is 10.6. The first-order valence-electron chi connectivity index (χ1n) is 23.0. The molecule has 0 saturated heterocycles. The van der Waals surface area contributed by atoms with Gasteiger partial charge in [0, 0.05) is 6.42 Å². The molecule has 0 aliphatic heterocycles. The summed E-state index contributed by atoms with van der Waals surface area (Å²) in [5.74, 6) is -0.210. The van der Waals surface area contributed by atoms with E-state index in [-0.39, 0.29) is 19.1 Å². The highest BCUT2D eigenvalue weighted by Gasteiger charge is 2.27. The molecule has 0 aliphatic carbocycles. The van der Waals surface area contributed by atoms with E-state index in [0.717, 1.165) is 83.5 Å². The van der Waals surface area contributed by atoms with E-state index in [1.54, 1.807) is 6.08 Å². The van der Waals surface area contributed by atoms with Crippen LogP contribution >= 0.6 is 7.82 Å². The predicted molar refractivity (Wildman–Crippen MR) is 249 cm³/mol. The molecule has 0 aromatic carbocycles. The Labute approximate surface area is 356 Å². The quantitative estimate of drug-likeness (QED) is 0.0246. The van der Waals surface area contributed by atoms with Gasteiger partial charge >= 0.3 is 7.82 Å². The highest BCUT2D eigenvalue weighted by molar-refractivity contribution is 7.47. The summed E-state index contributed by atoms with van der Waals surface area (Å²) in [5, 5.41) is 13.8. The second-order valence-corrected chi connectivity index (χ2v) is 17.8. The zero-order valence-corrected chi connectivity index (χ0v) is 38.6. The largest absolute Gasteiger partial charge is 0.472 e. The molecule has 8 nitrogen and oxygen atoms in total. The fourth-order valence-corrected chi connectivity index (χ4v) is 6.68. The predicted octanol–water partition coefficient (Wildman–Crippen LogP) is 13.0. The van der Waals surface area contributed by atoms with Crippen molar-refractivity contribution in [2.75, 3.05) is 40.9 Å². The molecular weight excluding hydrogens is 744 g/mol. The van der Waals surface area contributed by atoms with E-state index in [4.69, 9.17) is 9.05 Å². The Morgan fingerprint density at radius 3 is 1.59 bits per heavy atom. The summed E-state index contributed by atoms with van der Waals surface area (Å²) in [4.78, 5) is 23.1. The van der Waals surface area contributed by atoms with Gasteiger partial charge in [-0.25, -0.2) is 4.57 Å². The number of phosphoric acid groups is 1. The van der Waals surface area contributed by atoms with E-state index in [1.807, 2.05) is 27.2 Å². The Morgan fingerprint density at radius 1 is 0.603 bits per heavy atom. The molecule has 0 saturated carbocycles. The first kappa shape index (κ1) is 55.7. The van der Waals surface area contributed by atoms with Crippen molar-refractivity contribution in [3.05, 3.63) is 85.1 Å². The average Bonchev–Trinajstić information content (AvgIpc) is 3.17. The highest BCUT2D eigenvalue weighted by atomic mass is 31.2. The summed E-state index contributed by atoms with van der Waals surface area (Å²) in [6, 6.07) is -0.882. The van der Waals surface area contributed by atoms with E-state index < -0.39 is 20.0 Å². The monoisotopic (exact) mass is 832 g/mol. The Hall–Kier alpha value is -2.32. The summed E-state index contributed by atoms with van der Waals surface area (Å²) in [6.45, 7) is 4.63. The SMILES string of the molecule is CC/C=C\C/C=C\C/C=C\C/C=C\CCCCCCCCC(=O)NC(COP(=O)(O)OCC[N+](C)(C)C)C(O)/C=C/CC/C=C/CC/C=C/CCCCCCCCC. The maximum atomic E-state index is 12.9. The molecule has 9 heteroatoms. The Morgan fingerprint density at radius 2 is 1.05 bits per heavy atom. The number of hydrogen-bond donors (Lipinski definition) is 3. The molecular formula is C49H88N2O6P+. The number of nitrogens with zero attached hydrogens (tertiary/aromatic N) is 1. The fraction of sp³-hybridized carbons (Fsp3) is 0.694. The number of unbranched alkanes of at least 4 members (excludes halogenated alkanes) is 15. The molecule has 1 amide bonds.